The molecule has 0 radical (unpaired) electrons. The van der Waals surface area contributed by atoms with Crippen molar-refractivity contribution >= 4 is 11.9 Å². The van der Waals surface area contributed by atoms with Gasteiger partial charge in [-0.15, -0.1) is 0 Å². The number of phenols is 1. The number of carbonyl (C=O) groups excluding carboxylic acids is 1. The molecule has 21 heavy (non-hydrogen) atoms. The van der Waals surface area contributed by atoms with Gasteiger partial charge in [-0.3, -0.25) is 4.79 Å². The number of aromatic hydroxyl groups is 1. The second-order valence-corrected chi connectivity index (χ2v) is 4.68. The van der Waals surface area contributed by atoms with Crippen LogP contribution in [0.4, 0.5) is 0 Å². The molecule has 0 aliphatic carbocycles. The fourth-order valence-corrected chi connectivity index (χ4v) is 2.04. The maximum absolute atomic E-state index is 12.1. The van der Waals surface area contributed by atoms with Gasteiger partial charge in [-0.25, -0.2) is 0 Å². The van der Waals surface area contributed by atoms with Crippen LogP contribution in [-0.2, 0) is 0 Å². The van der Waals surface area contributed by atoms with Crippen molar-refractivity contribution in [3.05, 3.63) is 53.0 Å². The van der Waals surface area contributed by atoms with E-state index in [1.54, 1.807) is 37.3 Å². The van der Waals surface area contributed by atoms with Gasteiger partial charge in [-0.2, -0.15) is 0 Å². The van der Waals surface area contributed by atoms with Crippen LogP contribution in [0.1, 0.15) is 34.4 Å². The highest BCUT2D eigenvalue weighted by molar-refractivity contribution is 6.07. The van der Waals surface area contributed by atoms with Crippen LogP contribution in [-0.4, -0.2) is 17.5 Å². The second kappa shape index (κ2) is 6.31. The largest absolute Gasteiger partial charge is 0.504 e. The van der Waals surface area contributed by atoms with Gasteiger partial charge in [0.1, 0.15) is 11.5 Å². The Hall–Kier alpha value is -2.49. The summed E-state index contributed by atoms with van der Waals surface area (Å²) < 4.78 is 10.7. The summed E-state index contributed by atoms with van der Waals surface area (Å²) in [4.78, 5) is 12.1. The molecule has 1 N–H and O–H groups in total. The molecule has 4 heteroatoms. The van der Waals surface area contributed by atoms with Gasteiger partial charge in [0.15, 0.2) is 17.3 Å². The Balaban J connectivity index is 2.19. The molecule has 0 aliphatic rings. The quantitative estimate of drug-likeness (QED) is 0.669. The molecule has 0 spiro atoms. The van der Waals surface area contributed by atoms with Crippen molar-refractivity contribution in [1.82, 2.24) is 0 Å². The highest BCUT2D eigenvalue weighted by atomic mass is 16.5. The summed E-state index contributed by atoms with van der Waals surface area (Å²) in [6.07, 6.45) is 3.17. The number of allylic oxidation sites excluding steroid dienone is 1. The Bertz CT molecular complexity index is 680. The lowest BCUT2D eigenvalue weighted by Gasteiger charge is -2.06. The molecule has 2 aromatic rings. The van der Waals surface area contributed by atoms with Crippen molar-refractivity contribution in [2.24, 2.45) is 0 Å². The number of ketones is 1. The van der Waals surface area contributed by atoms with Crippen LogP contribution in [0.5, 0.6) is 11.5 Å². The Kier molecular flexibility index (Phi) is 4.48. The zero-order valence-electron chi connectivity index (χ0n) is 12.3. The standard InChI is InChI=1S/C17H18O4/c1-4-20-17-10-13(6-8-16(17)19)5-7-15(18)14-9-11(2)21-12(14)3/h5-10,19H,4H2,1-3H3/b7-5+. The van der Waals surface area contributed by atoms with E-state index in [2.05, 4.69) is 0 Å². The predicted molar refractivity (Wildman–Crippen MR) is 80.8 cm³/mol. The molecule has 1 heterocycles. The van der Waals surface area contributed by atoms with Crippen LogP contribution in [0.25, 0.3) is 6.08 Å². The van der Waals surface area contributed by atoms with E-state index >= 15 is 0 Å². The summed E-state index contributed by atoms with van der Waals surface area (Å²) in [5.41, 5.74) is 1.34. The van der Waals surface area contributed by atoms with Crippen molar-refractivity contribution in [2.75, 3.05) is 6.61 Å². The third-order valence-corrected chi connectivity index (χ3v) is 3.02. The summed E-state index contributed by atoms with van der Waals surface area (Å²) in [7, 11) is 0. The molecule has 0 fully saturated rings. The lowest BCUT2D eigenvalue weighted by Crippen LogP contribution is -1.94. The van der Waals surface area contributed by atoms with Gasteiger partial charge >= 0.3 is 0 Å². The molecular formula is C17H18O4. The van der Waals surface area contributed by atoms with Gasteiger partial charge in [0, 0.05) is 0 Å². The molecule has 2 rings (SSSR count). The van der Waals surface area contributed by atoms with Crippen LogP contribution in [0.3, 0.4) is 0 Å². The third-order valence-electron chi connectivity index (χ3n) is 3.02. The maximum atomic E-state index is 12.1. The molecule has 0 bridgehead atoms. The van der Waals surface area contributed by atoms with E-state index in [4.69, 9.17) is 9.15 Å². The lowest BCUT2D eigenvalue weighted by atomic mass is 10.1. The number of phenolic OH excluding ortho intramolecular Hbond substituents is 1. The van der Waals surface area contributed by atoms with Crippen LogP contribution >= 0.6 is 0 Å². The summed E-state index contributed by atoms with van der Waals surface area (Å²) >= 11 is 0. The first-order chi connectivity index (χ1) is 10.0. The lowest BCUT2D eigenvalue weighted by molar-refractivity contribution is 0.104. The van der Waals surface area contributed by atoms with Gasteiger partial charge < -0.3 is 14.3 Å². The zero-order chi connectivity index (χ0) is 15.4. The summed E-state index contributed by atoms with van der Waals surface area (Å²) in [5, 5.41) is 9.63. The van der Waals surface area contributed by atoms with Crippen molar-refractivity contribution in [2.45, 2.75) is 20.8 Å². The van der Waals surface area contributed by atoms with Gasteiger partial charge in [0.2, 0.25) is 0 Å². The smallest absolute Gasteiger partial charge is 0.189 e. The van der Waals surface area contributed by atoms with E-state index in [0.717, 1.165) is 5.56 Å². The Morgan fingerprint density at radius 3 is 2.71 bits per heavy atom. The van der Waals surface area contributed by atoms with Gasteiger partial charge in [0.05, 0.1) is 12.2 Å². The first-order valence-corrected chi connectivity index (χ1v) is 6.76. The highest BCUT2D eigenvalue weighted by Crippen LogP contribution is 2.27. The summed E-state index contributed by atoms with van der Waals surface area (Å²) in [6.45, 7) is 5.88. The maximum Gasteiger partial charge on any atom is 0.189 e. The zero-order valence-corrected chi connectivity index (χ0v) is 12.3. The molecule has 0 unspecified atom stereocenters. The SMILES string of the molecule is CCOc1cc(/C=C/C(=O)c2cc(C)oc2C)ccc1O. The fourth-order valence-electron chi connectivity index (χ4n) is 2.04. The monoisotopic (exact) mass is 286 g/mol. The minimum Gasteiger partial charge on any atom is -0.504 e. The minimum absolute atomic E-state index is 0.0848. The number of rotatable bonds is 5. The van der Waals surface area contributed by atoms with Crippen LogP contribution in [0.2, 0.25) is 0 Å². The number of hydrogen-bond donors (Lipinski definition) is 1. The van der Waals surface area contributed by atoms with E-state index in [9.17, 15) is 9.90 Å². The van der Waals surface area contributed by atoms with Crippen LogP contribution in [0.15, 0.2) is 34.8 Å². The number of furan rings is 1. The van der Waals surface area contributed by atoms with Crippen LogP contribution < -0.4 is 4.74 Å². The van der Waals surface area contributed by atoms with Gasteiger partial charge in [0.25, 0.3) is 0 Å². The molecule has 0 atom stereocenters. The normalized spacial score (nSPS) is 11.0. The number of benzene rings is 1. The summed E-state index contributed by atoms with van der Waals surface area (Å²) in [6, 6.07) is 6.68. The van der Waals surface area contributed by atoms with Crippen LogP contribution in [0, 0.1) is 13.8 Å². The Morgan fingerprint density at radius 2 is 2.10 bits per heavy atom. The van der Waals surface area contributed by atoms with E-state index in [-0.39, 0.29) is 11.5 Å². The van der Waals surface area contributed by atoms with E-state index < -0.39 is 0 Å². The number of aryl methyl sites for hydroxylation is 2. The van der Waals surface area contributed by atoms with Crippen molar-refractivity contribution in [1.29, 1.82) is 0 Å². The topological polar surface area (TPSA) is 59.7 Å². The number of carbonyl (C=O) groups is 1. The molecule has 0 aliphatic heterocycles. The molecule has 4 nitrogen and oxygen atoms in total. The summed E-state index contributed by atoms with van der Waals surface area (Å²) in [5.74, 6) is 1.70. The van der Waals surface area contributed by atoms with Crippen molar-refractivity contribution in [3.8, 4) is 11.5 Å². The molecular weight excluding hydrogens is 268 g/mol. The molecule has 1 aromatic heterocycles. The molecule has 110 valence electrons. The minimum atomic E-state index is -0.115. The van der Waals surface area contributed by atoms with E-state index in [0.29, 0.717) is 29.4 Å². The molecule has 0 saturated carbocycles. The number of hydrogen-bond acceptors (Lipinski definition) is 4. The van der Waals surface area contributed by atoms with E-state index in [1.165, 1.54) is 6.08 Å². The first-order valence-electron chi connectivity index (χ1n) is 6.76. The average Bonchev–Trinajstić information content (AvgIpc) is 2.78. The highest BCUT2D eigenvalue weighted by Gasteiger charge is 2.10. The molecule has 1 aromatic carbocycles. The Morgan fingerprint density at radius 1 is 1.33 bits per heavy atom. The van der Waals surface area contributed by atoms with Gasteiger partial charge in [-0.1, -0.05) is 12.1 Å². The Labute approximate surface area is 123 Å². The van der Waals surface area contributed by atoms with Crippen molar-refractivity contribution in [3.63, 3.8) is 0 Å². The first kappa shape index (κ1) is 14.9. The second-order valence-electron chi connectivity index (χ2n) is 4.68. The predicted octanol–water partition coefficient (Wildman–Crippen LogP) is 3.90. The van der Waals surface area contributed by atoms with E-state index in [1.807, 2.05) is 13.8 Å². The molecule has 0 saturated heterocycles. The average molecular weight is 286 g/mol. The third kappa shape index (κ3) is 3.54. The van der Waals surface area contributed by atoms with Gasteiger partial charge in [-0.05, 0) is 50.6 Å². The van der Waals surface area contributed by atoms with Crippen molar-refractivity contribution < 1.29 is 19.1 Å². The number of ether oxygens (including phenoxy) is 1. The fraction of sp³-hybridized carbons (Fsp3) is 0.235. The molecule has 0 amide bonds.